The van der Waals surface area contributed by atoms with Crippen LogP contribution in [0.3, 0.4) is 0 Å². The third kappa shape index (κ3) is 4.21. The monoisotopic (exact) mass is 469 g/mol. The van der Waals surface area contributed by atoms with Gasteiger partial charge in [0, 0.05) is 18.8 Å². The third-order valence-corrected chi connectivity index (χ3v) is 5.47. The molecule has 3 rings (SSSR count). The van der Waals surface area contributed by atoms with Gasteiger partial charge in [0.05, 0.1) is 22.5 Å². The Balaban J connectivity index is 0.00000341. The second kappa shape index (κ2) is 9.80. The fourth-order valence-electron chi connectivity index (χ4n) is 3.59. The summed E-state index contributed by atoms with van der Waals surface area (Å²) in [6.07, 6.45) is 1.32. The summed E-state index contributed by atoms with van der Waals surface area (Å²) in [5, 5.41) is 13.4. The van der Waals surface area contributed by atoms with Crippen molar-refractivity contribution in [1.82, 2.24) is 9.47 Å². The molecular weight excluding hydrogens is 448 g/mol. The van der Waals surface area contributed by atoms with Gasteiger partial charge in [0.25, 0.3) is 11.8 Å². The summed E-state index contributed by atoms with van der Waals surface area (Å²) in [6.45, 7) is 5.70. The number of Topliss-reactive ketones (excluding diaryl/α,β-unsaturated/α-hetero) is 1. The standard InChI is InChI=1S/C22H23N5O3.Zn/c1-5-14(6-2)27-21(29)15-8-7-9-16(19(15)22(27)30)24-25-17(12-23)20(28)18-11-10-13(3)26(18)4;/h7-11,14,24H,5-6H2,1-4H3;/q;+2. The number of carbonyl (C=O) groups excluding carboxylic acids is 3. The van der Waals surface area contributed by atoms with Gasteiger partial charge in [-0.05, 0) is 44.0 Å². The molecule has 0 spiro atoms. The molecule has 2 amide bonds. The molecule has 0 fully saturated rings. The topological polar surface area (TPSA) is 108 Å². The summed E-state index contributed by atoms with van der Waals surface area (Å²) in [7, 11) is 1.73. The number of hydrogen-bond acceptors (Lipinski definition) is 6. The molecule has 1 aliphatic heterocycles. The number of fused-ring (bicyclic) bond motifs is 1. The van der Waals surface area contributed by atoms with Crippen LogP contribution in [0.5, 0.6) is 0 Å². The zero-order chi connectivity index (χ0) is 22.0. The summed E-state index contributed by atoms with van der Waals surface area (Å²) in [6, 6.07) is 9.83. The van der Waals surface area contributed by atoms with E-state index in [0.29, 0.717) is 18.5 Å². The minimum Gasteiger partial charge on any atom is -0.345 e. The Hall–Kier alpha value is -3.11. The molecule has 0 saturated heterocycles. The van der Waals surface area contributed by atoms with Crippen LogP contribution in [-0.4, -0.2) is 38.8 Å². The van der Waals surface area contributed by atoms with Gasteiger partial charge in [0.15, 0.2) is 0 Å². The SMILES string of the molecule is CCC(CC)N1C(=O)c2cccc(NN=C(C#N)C(=O)c3ccc(C)n3C)c2C1=O.[Zn+2]. The number of hydrogen-bond donors (Lipinski definition) is 1. The molecule has 2 aromatic rings. The van der Waals surface area contributed by atoms with Crippen molar-refractivity contribution in [2.24, 2.45) is 12.1 Å². The van der Waals surface area contributed by atoms with Crippen molar-refractivity contribution in [3.8, 4) is 6.07 Å². The predicted molar refractivity (Wildman–Crippen MR) is 112 cm³/mol. The van der Waals surface area contributed by atoms with Crippen molar-refractivity contribution < 1.29 is 33.9 Å². The Morgan fingerprint density at radius 2 is 1.84 bits per heavy atom. The zero-order valence-corrected chi connectivity index (χ0v) is 21.1. The number of nitrogens with one attached hydrogen (secondary N) is 1. The summed E-state index contributed by atoms with van der Waals surface area (Å²) in [5.74, 6) is -1.27. The van der Waals surface area contributed by atoms with Crippen LogP contribution in [0, 0.1) is 18.3 Å². The molecule has 2 heterocycles. The Labute approximate surface area is 193 Å². The van der Waals surface area contributed by atoms with Gasteiger partial charge in [0.1, 0.15) is 6.07 Å². The maximum Gasteiger partial charge on any atom is 2.00 e. The number of nitriles is 1. The van der Waals surface area contributed by atoms with E-state index in [4.69, 9.17) is 0 Å². The van der Waals surface area contributed by atoms with Crippen molar-refractivity contribution >= 4 is 29.0 Å². The number of carbonyl (C=O) groups is 3. The predicted octanol–water partition coefficient (Wildman–Crippen LogP) is 3.29. The summed E-state index contributed by atoms with van der Waals surface area (Å²) in [5.41, 5.74) is 4.29. The molecule has 1 aromatic carbocycles. The van der Waals surface area contributed by atoms with Crippen LogP contribution in [0.25, 0.3) is 0 Å². The van der Waals surface area contributed by atoms with E-state index in [1.165, 1.54) is 4.90 Å². The summed E-state index contributed by atoms with van der Waals surface area (Å²) >= 11 is 0. The van der Waals surface area contributed by atoms with E-state index >= 15 is 0 Å². The second-order valence-corrected chi connectivity index (χ2v) is 7.11. The number of aryl methyl sites for hydroxylation is 1. The molecule has 1 N–H and O–H groups in total. The first-order valence-electron chi connectivity index (χ1n) is 9.77. The molecule has 0 saturated carbocycles. The van der Waals surface area contributed by atoms with E-state index in [0.717, 1.165) is 5.69 Å². The number of ketones is 1. The van der Waals surface area contributed by atoms with Crippen LogP contribution >= 0.6 is 0 Å². The third-order valence-electron chi connectivity index (χ3n) is 5.47. The van der Waals surface area contributed by atoms with Crippen molar-refractivity contribution in [2.45, 2.75) is 39.7 Å². The van der Waals surface area contributed by atoms with Gasteiger partial charge in [-0.2, -0.15) is 10.4 Å². The fraction of sp³-hybridized carbons (Fsp3) is 0.318. The average molecular weight is 471 g/mol. The van der Waals surface area contributed by atoms with Gasteiger partial charge < -0.3 is 4.57 Å². The van der Waals surface area contributed by atoms with E-state index in [1.54, 1.807) is 48.0 Å². The molecule has 0 radical (unpaired) electrons. The van der Waals surface area contributed by atoms with Crippen LogP contribution in [0.4, 0.5) is 5.69 Å². The number of amides is 2. The van der Waals surface area contributed by atoms with Crippen LogP contribution in [0.1, 0.15) is 63.6 Å². The van der Waals surface area contributed by atoms with Gasteiger partial charge in [-0.3, -0.25) is 24.7 Å². The number of hydrazone groups is 1. The molecule has 1 aromatic heterocycles. The van der Waals surface area contributed by atoms with Crippen molar-refractivity contribution in [3.63, 3.8) is 0 Å². The van der Waals surface area contributed by atoms with E-state index in [9.17, 15) is 19.6 Å². The first kappa shape index (κ1) is 24.2. The van der Waals surface area contributed by atoms with Crippen molar-refractivity contribution in [2.75, 3.05) is 5.43 Å². The molecule has 154 valence electrons. The normalized spacial score (nSPS) is 13.2. The molecule has 0 atom stereocenters. The maximum absolute atomic E-state index is 13.0. The van der Waals surface area contributed by atoms with E-state index < -0.39 is 11.7 Å². The molecule has 0 unspecified atom stereocenters. The first-order chi connectivity index (χ1) is 14.3. The molecule has 9 heteroatoms. The summed E-state index contributed by atoms with van der Waals surface area (Å²) < 4.78 is 1.67. The molecule has 31 heavy (non-hydrogen) atoms. The molecule has 0 bridgehead atoms. The van der Waals surface area contributed by atoms with Gasteiger partial charge in [-0.15, -0.1) is 0 Å². The van der Waals surface area contributed by atoms with Crippen molar-refractivity contribution in [1.29, 1.82) is 5.26 Å². The fourth-order valence-corrected chi connectivity index (χ4v) is 3.59. The number of nitrogens with zero attached hydrogens (tertiary/aromatic N) is 4. The zero-order valence-electron chi connectivity index (χ0n) is 18.1. The van der Waals surface area contributed by atoms with Gasteiger partial charge in [-0.25, -0.2) is 0 Å². The van der Waals surface area contributed by atoms with Crippen LogP contribution in [0.2, 0.25) is 0 Å². The Morgan fingerprint density at radius 3 is 2.39 bits per heavy atom. The number of rotatable bonds is 7. The van der Waals surface area contributed by atoms with Gasteiger partial charge >= 0.3 is 19.5 Å². The minimum atomic E-state index is -0.533. The largest absolute Gasteiger partial charge is 2.00 e. The quantitative estimate of drug-likeness (QED) is 0.220. The van der Waals surface area contributed by atoms with E-state index in [2.05, 4.69) is 10.5 Å². The van der Waals surface area contributed by atoms with Crippen molar-refractivity contribution in [3.05, 3.63) is 52.8 Å². The minimum absolute atomic E-state index is 0. The van der Waals surface area contributed by atoms with Crippen LogP contribution < -0.4 is 5.43 Å². The average Bonchev–Trinajstić information content (AvgIpc) is 3.21. The second-order valence-electron chi connectivity index (χ2n) is 7.11. The Bertz CT molecular complexity index is 1110. The molecular formula is C22H23N5O3Zn+2. The number of imide groups is 1. The molecule has 8 nitrogen and oxygen atoms in total. The first-order valence-corrected chi connectivity index (χ1v) is 9.77. The van der Waals surface area contributed by atoms with E-state index in [1.807, 2.05) is 20.8 Å². The maximum atomic E-state index is 13.0. The van der Waals surface area contributed by atoms with E-state index in [-0.39, 0.29) is 54.0 Å². The smallest absolute Gasteiger partial charge is 0.345 e. The summed E-state index contributed by atoms with van der Waals surface area (Å²) in [4.78, 5) is 39.7. The molecule has 1 aliphatic rings. The van der Waals surface area contributed by atoms with Gasteiger partial charge in [0.2, 0.25) is 11.5 Å². The van der Waals surface area contributed by atoms with Crippen LogP contribution in [0.15, 0.2) is 35.4 Å². The van der Waals surface area contributed by atoms with Gasteiger partial charge in [-0.1, -0.05) is 19.9 Å². The number of aromatic nitrogens is 1. The Kier molecular flexibility index (Phi) is 7.64. The molecule has 0 aliphatic carbocycles. The van der Waals surface area contributed by atoms with Crippen LogP contribution in [-0.2, 0) is 26.5 Å². The number of benzene rings is 1. The number of anilines is 1. The Morgan fingerprint density at radius 1 is 1.16 bits per heavy atom.